The molecule has 0 atom stereocenters. The molecule has 0 rings (SSSR count). The zero-order valence-electron chi connectivity index (χ0n) is 4.81. The van der Waals surface area contributed by atoms with Crippen LogP contribution in [0, 0.1) is 14.4 Å². The van der Waals surface area contributed by atoms with E-state index in [1.165, 1.54) is 0 Å². The summed E-state index contributed by atoms with van der Waals surface area (Å²) in [6.07, 6.45) is 2.19. The Morgan fingerprint density at radius 3 is 2.00 bits per heavy atom. The van der Waals surface area contributed by atoms with Crippen LogP contribution in [0.1, 0.15) is 12.8 Å². The van der Waals surface area contributed by atoms with E-state index in [4.69, 9.17) is 0 Å². The van der Waals surface area contributed by atoms with Crippen LogP contribution in [-0.4, -0.2) is 29.3 Å². The van der Waals surface area contributed by atoms with E-state index in [0.29, 0.717) is 6.42 Å². The number of rotatable bonds is 2. The second-order valence-electron chi connectivity index (χ2n) is 0.809. The maximum Gasteiger partial charge on any atom is 2.00 e. The van der Waals surface area contributed by atoms with Gasteiger partial charge in [-0.1, -0.05) is 0 Å². The number of unbranched alkanes of at least 4 members (excludes halogenated alkanes) is 1. The Morgan fingerprint density at radius 1 is 1.57 bits per heavy atom. The van der Waals surface area contributed by atoms with E-state index in [2.05, 4.69) is 6.92 Å². The summed E-state index contributed by atoms with van der Waals surface area (Å²) in [5.41, 5.74) is 0. The van der Waals surface area contributed by atoms with E-state index in [9.17, 15) is 4.79 Å². The molecule has 0 aliphatic carbocycles. The summed E-state index contributed by atoms with van der Waals surface area (Å²) in [6, 6.07) is 0. The van der Waals surface area contributed by atoms with Gasteiger partial charge in [-0.25, -0.2) is 0 Å². The number of aldehydes is 1. The smallest absolute Gasteiger partial charge is 0.358 e. The maximum absolute atomic E-state index is 9.36. The van der Waals surface area contributed by atoms with E-state index in [1.807, 2.05) is 0 Å². The van der Waals surface area contributed by atoms with Crippen molar-refractivity contribution in [3.63, 3.8) is 0 Å². The number of carbonyl (C=O) groups excluding carboxylic acids is 1. The van der Waals surface area contributed by atoms with Gasteiger partial charge < -0.3 is 19.1 Å². The minimum Gasteiger partial charge on any atom is -0.358 e. The fourth-order valence-corrected chi connectivity index (χ4v) is 0.0833. The maximum atomic E-state index is 9.36. The van der Waals surface area contributed by atoms with Crippen molar-refractivity contribution in [1.82, 2.24) is 0 Å². The molecule has 0 unspecified atom stereocenters. The van der Waals surface area contributed by atoms with Gasteiger partial charge in [-0.05, 0) is 6.42 Å². The van der Waals surface area contributed by atoms with Crippen molar-refractivity contribution in [2.24, 2.45) is 0 Å². The van der Waals surface area contributed by atoms with Crippen molar-refractivity contribution in [3.8, 4) is 0 Å². The predicted octanol–water partition coefficient (Wildman–Crippen LogP) is 0.869. The molecule has 0 heterocycles. The number of carbonyl (C=O) groups is 1. The number of hydrogen-bond acceptors (Lipinski definition) is 1. The SMILES string of the molecule is [CH2-]CCC=O.[CH3-].[Mg+2]. The molecular formula is C5H10MgO. The summed E-state index contributed by atoms with van der Waals surface area (Å²) in [5, 5.41) is 0. The van der Waals surface area contributed by atoms with Gasteiger partial charge in [-0.15, -0.1) is 0 Å². The fraction of sp³-hybridized carbons (Fsp3) is 0.400. The molecule has 0 aromatic rings. The van der Waals surface area contributed by atoms with Gasteiger partial charge in [0.15, 0.2) is 0 Å². The van der Waals surface area contributed by atoms with Crippen molar-refractivity contribution in [1.29, 1.82) is 0 Å². The first-order valence-electron chi connectivity index (χ1n) is 1.64. The first-order valence-corrected chi connectivity index (χ1v) is 1.64. The van der Waals surface area contributed by atoms with Crippen molar-refractivity contribution in [2.75, 3.05) is 0 Å². The van der Waals surface area contributed by atoms with E-state index >= 15 is 0 Å². The molecule has 0 saturated carbocycles. The molecule has 0 aliphatic heterocycles. The summed E-state index contributed by atoms with van der Waals surface area (Å²) in [6.45, 7) is 3.44. The van der Waals surface area contributed by atoms with Crippen LogP contribution in [0.25, 0.3) is 0 Å². The first-order chi connectivity index (χ1) is 2.41. The Balaban J connectivity index is -0.0000000800. The molecule has 0 N–H and O–H groups in total. The molecule has 0 amide bonds. The predicted molar refractivity (Wildman–Crippen MR) is 32.8 cm³/mol. The second kappa shape index (κ2) is 16.1. The van der Waals surface area contributed by atoms with Crippen LogP contribution in [-0.2, 0) is 4.79 Å². The molecule has 0 aromatic heterocycles. The molecule has 38 valence electrons. The van der Waals surface area contributed by atoms with Gasteiger partial charge in [0.2, 0.25) is 0 Å². The summed E-state index contributed by atoms with van der Waals surface area (Å²) in [7, 11) is 0. The van der Waals surface area contributed by atoms with E-state index in [0.717, 1.165) is 12.7 Å². The van der Waals surface area contributed by atoms with Gasteiger partial charge in [0, 0.05) is 0 Å². The quantitative estimate of drug-likeness (QED) is 0.293. The third-order valence-electron chi connectivity index (χ3n) is 0.322. The molecule has 0 aromatic carbocycles. The molecule has 0 bridgehead atoms. The summed E-state index contributed by atoms with van der Waals surface area (Å²) >= 11 is 0. The molecule has 0 fully saturated rings. The van der Waals surface area contributed by atoms with Crippen molar-refractivity contribution >= 4 is 29.3 Å². The molecule has 2 heteroatoms. The third-order valence-corrected chi connectivity index (χ3v) is 0.322. The summed E-state index contributed by atoms with van der Waals surface area (Å²) in [5.74, 6) is 0. The van der Waals surface area contributed by atoms with Crippen LogP contribution in [0.2, 0.25) is 0 Å². The Kier molecular flexibility index (Phi) is 36.0. The van der Waals surface area contributed by atoms with Gasteiger partial charge >= 0.3 is 23.1 Å². The monoisotopic (exact) mass is 110 g/mol. The molecule has 0 spiro atoms. The van der Waals surface area contributed by atoms with E-state index < -0.39 is 0 Å². The standard InChI is InChI=1S/C4H7O.CH3.Mg/c1-2-3-4-5;;/h4H,1-3H2;1H3;/q2*-1;+2. The van der Waals surface area contributed by atoms with Gasteiger partial charge in [0.25, 0.3) is 0 Å². The van der Waals surface area contributed by atoms with E-state index in [-0.39, 0.29) is 30.5 Å². The van der Waals surface area contributed by atoms with Crippen molar-refractivity contribution in [2.45, 2.75) is 12.8 Å². The molecule has 7 heavy (non-hydrogen) atoms. The molecular weight excluding hydrogens is 100 g/mol. The van der Waals surface area contributed by atoms with Gasteiger partial charge in [0.1, 0.15) is 6.29 Å². The van der Waals surface area contributed by atoms with Crippen LogP contribution < -0.4 is 0 Å². The van der Waals surface area contributed by atoms with Crippen molar-refractivity contribution < 1.29 is 4.79 Å². The normalized spacial score (nSPS) is 5.29. The minimum absolute atomic E-state index is 0. The van der Waals surface area contributed by atoms with Crippen LogP contribution in [0.3, 0.4) is 0 Å². The number of hydrogen-bond donors (Lipinski definition) is 0. The van der Waals surface area contributed by atoms with Crippen LogP contribution in [0.4, 0.5) is 0 Å². The summed E-state index contributed by atoms with van der Waals surface area (Å²) < 4.78 is 0. The van der Waals surface area contributed by atoms with Gasteiger partial charge in [-0.2, -0.15) is 6.42 Å². The van der Waals surface area contributed by atoms with E-state index in [1.54, 1.807) is 0 Å². The van der Waals surface area contributed by atoms with Crippen LogP contribution in [0.5, 0.6) is 0 Å². The molecule has 1 nitrogen and oxygen atoms in total. The van der Waals surface area contributed by atoms with Crippen LogP contribution >= 0.6 is 0 Å². The van der Waals surface area contributed by atoms with Gasteiger partial charge in [0.05, 0.1) is 0 Å². The first kappa shape index (κ1) is 15.7. The second-order valence-corrected chi connectivity index (χ2v) is 0.809. The average molecular weight is 110 g/mol. The topological polar surface area (TPSA) is 17.1 Å². The zero-order valence-corrected chi connectivity index (χ0v) is 6.23. The molecule has 0 saturated heterocycles. The Morgan fingerprint density at radius 2 is 2.00 bits per heavy atom. The Hall–Kier alpha value is 0.436. The Bertz CT molecular complexity index is 29.3. The van der Waals surface area contributed by atoms with Crippen molar-refractivity contribution in [3.05, 3.63) is 14.4 Å². The van der Waals surface area contributed by atoms with Gasteiger partial charge in [-0.3, -0.25) is 0 Å². The Labute approximate surface area is 61.6 Å². The molecule has 0 radical (unpaired) electrons. The largest absolute Gasteiger partial charge is 2.00 e. The third kappa shape index (κ3) is 21.3. The minimum atomic E-state index is 0. The summed E-state index contributed by atoms with van der Waals surface area (Å²) in [4.78, 5) is 9.36. The average Bonchev–Trinajstić information content (AvgIpc) is 1.41. The fourth-order valence-electron chi connectivity index (χ4n) is 0.0833. The molecule has 0 aliphatic rings. The zero-order chi connectivity index (χ0) is 4.12. The van der Waals surface area contributed by atoms with Crippen LogP contribution in [0.15, 0.2) is 0 Å².